The Hall–Kier alpha value is -0.0800. The summed E-state index contributed by atoms with van der Waals surface area (Å²) in [5.74, 6) is 0. The molecule has 0 spiro atoms. The fourth-order valence-corrected chi connectivity index (χ4v) is 1.68. The van der Waals surface area contributed by atoms with Gasteiger partial charge in [-0.1, -0.05) is 0 Å². The first kappa shape index (κ1) is 8.02. The second-order valence-corrected chi connectivity index (χ2v) is 3.51. The molecule has 0 unspecified atom stereocenters. The minimum Gasteiger partial charge on any atom is -0.378 e. The number of hydrogen-bond acceptors (Lipinski definition) is 2. The zero-order valence-electron chi connectivity index (χ0n) is 6.89. The highest BCUT2D eigenvalue weighted by Gasteiger charge is 2.29. The first-order valence-corrected chi connectivity index (χ1v) is 3.97. The molecule has 0 saturated heterocycles. The van der Waals surface area contributed by atoms with Crippen LogP contribution in [0.25, 0.3) is 0 Å². The van der Waals surface area contributed by atoms with Crippen LogP contribution in [0.5, 0.6) is 0 Å². The molecule has 60 valence electrons. The normalized spacial score (nSPS) is 41.7. The standard InChI is InChI=1S/C8H17NO/c1-8(10-2)5-3-4-7(9)6-8/h7H,3-6,9H2,1-2H3/t7-,8+/m1/s1. The van der Waals surface area contributed by atoms with Gasteiger partial charge in [0.1, 0.15) is 0 Å². The van der Waals surface area contributed by atoms with Gasteiger partial charge in [-0.25, -0.2) is 0 Å². The second kappa shape index (κ2) is 2.89. The van der Waals surface area contributed by atoms with Gasteiger partial charge in [0.05, 0.1) is 5.60 Å². The highest BCUT2D eigenvalue weighted by molar-refractivity contribution is 4.85. The Morgan fingerprint density at radius 2 is 2.30 bits per heavy atom. The van der Waals surface area contributed by atoms with Crippen molar-refractivity contribution in [1.82, 2.24) is 0 Å². The van der Waals surface area contributed by atoms with Crippen molar-refractivity contribution in [2.75, 3.05) is 7.11 Å². The van der Waals surface area contributed by atoms with E-state index in [0.29, 0.717) is 6.04 Å². The van der Waals surface area contributed by atoms with Crippen molar-refractivity contribution in [2.24, 2.45) is 5.73 Å². The van der Waals surface area contributed by atoms with Crippen LogP contribution in [0.4, 0.5) is 0 Å². The maximum Gasteiger partial charge on any atom is 0.0665 e. The van der Waals surface area contributed by atoms with Gasteiger partial charge in [-0.2, -0.15) is 0 Å². The lowest BCUT2D eigenvalue weighted by Gasteiger charge is -2.35. The van der Waals surface area contributed by atoms with Crippen molar-refractivity contribution in [2.45, 2.75) is 44.2 Å². The van der Waals surface area contributed by atoms with Crippen molar-refractivity contribution in [3.05, 3.63) is 0 Å². The maximum absolute atomic E-state index is 5.81. The second-order valence-electron chi connectivity index (χ2n) is 3.51. The van der Waals surface area contributed by atoms with E-state index in [-0.39, 0.29) is 5.60 Å². The van der Waals surface area contributed by atoms with E-state index in [2.05, 4.69) is 6.92 Å². The van der Waals surface area contributed by atoms with Gasteiger partial charge in [-0.3, -0.25) is 0 Å². The van der Waals surface area contributed by atoms with Crippen LogP contribution in [-0.4, -0.2) is 18.8 Å². The van der Waals surface area contributed by atoms with E-state index in [1.807, 2.05) is 0 Å². The lowest BCUT2D eigenvalue weighted by molar-refractivity contribution is -0.0283. The molecule has 1 rings (SSSR count). The van der Waals surface area contributed by atoms with Gasteiger partial charge in [0.25, 0.3) is 0 Å². The van der Waals surface area contributed by atoms with Crippen LogP contribution < -0.4 is 5.73 Å². The molecule has 2 N–H and O–H groups in total. The maximum atomic E-state index is 5.81. The Kier molecular flexibility index (Phi) is 2.32. The van der Waals surface area contributed by atoms with E-state index in [9.17, 15) is 0 Å². The van der Waals surface area contributed by atoms with Gasteiger partial charge in [-0.05, 0) is 32.6 Å². The third-order valence-electron chi connectivity index (χ3n) is 2.47. The van der Waals surface area contributed by atoms with E-state index < -0.39 is 0 Å². The Balaban J connectivity index is 2.45. The zero-order chi connectivity index (χ0) is 7.61. The average Bonchev–Trinajstić information content (AvgIpc) is 1.88. The van der Waals surface area contributed by atoms with Crippen LogP contribution in [0.2, 0.25) is 0 Å². The molecule has 0 aromatic heterocycles. The smallest absolute Gasteiger partial charge is 0.0665 e. The predicted molar refractivity (Wildman–Crippen MR) is 41.9 cm³/mol. The third kappa shape index (κ3) is 1.70. The molecule has 0 radical (unpaired) electrons. The van der Waals surface area contributed by atoms with Crippen molar-refractivity contribution >= 4 is 0 Å². The molecule has 0 aromatic carbocycles. The molecule has 0 amide bonds. The van der Waals surface area contributed by atoms with Gasteiger partial charge in [0.2, 0.25) is 0 Å². The van der Waals surface area contributed by atoms with Gasteiger partial charge in [0.15, 0.2) is 0 Å². The zero-order valence-corrected chi connectivity index (χ0v) is 6.89. The van der Waals surface area contributed by atoms with Crippen LogP contribution in [0.15, 0.2) is 0 Å². The van der Waals surface area contributed by atoms with E-state index in [4.69, 9.17) is 10.5 Å². The van der Waals surface area contributed by atoms with Crippen molar-refractivity contribution in [1.29, 1.82) is 0 Å². The summed E-state index contributed by atoms with van der Waals surface area (Å²) in [5.41, 5.74) is 5.87. The van der Waals surface area contributed by atoms with E-state index in [1.54, 1.807) is 7.11 Å². The highest BCUT2D eigenvalue weighted by atomic mass is 16.5. The molecule has 0 aliphatic heterocycles. The summed E-state index contributed by atoms with van der Waals surface area (Å²) in [6.45, 7) is 2.14. The summed E-state index contributed by atoms with van der Waals surface area (Å²) in [7, 11) is 1.78. The van der Waals surface area contributed by atoms with Crippen LogP contribution in [0, 0.1) is 0 Å². The molecule has 0 bridgehead atoms. The number of ether oxygens (including phenoxy) is 1. The molecule has 2 atom stereocenters. The highest BCUT2D eigenvalue weighted by Crippen LogP contribution is 2.29. The van der Waals surface area contributed by atoms with E-state index >= 15 is 0 Å². The molecule has 2 nitrogen and oxygen atoms in total. The van der Waals surface area contributed by atoms with Gasteiger partial charge < -0.3 is 10.5 Å². The summed E-state index contributed by atoms with van der Waals surface area (Å²) in [5, 5.41) is 0. The summed E-state index contributed by atoms with van der Waals surface area (Å²) in [6, 6.07) is 0.360. The molecule has 10 heavy (non-hydrogen) atoms. The molecule has 1 aliphatic carbocycles. The molecule has 0 heterocycles. The van der Waals surface area contributed by atoms with E-state index in [0.717, 1.165) is 12.8 Å². The van der Waals surface area contributed by atoms with Crippen LogP contribution in [-0.2, 0) is 4.74 Å². The number of nitrogens with two attached hydrogens (primary N) is 1. The molecular formula is C8H17NO. The predicted octanol–water partition coefficient (Wildman–Crippen LogP) is 1.29. The summed E-state index contributed by atoms with van der Waals surface area (Å²) in [6.07, 6.45) is 4.56. The minimum atomic E-state index is 0.0671. The molecule has 1 saturated carbocycles. The summed E-state index contributed by atoms with van der Waals surface area (Å²) >= 11 is 0. The molecule has 2 heteroatoms. The first-order chi connectivity index (χ1) is 4.66. The first-order valence-electron chi connectivity index (χ1n) is 3.97. The Bertz CT molecular complexity index is 116. The fourth-order valence-electron chi connectivity index (χ4n) is 1.68. The van der Waals surface area contributed by atoms with Crippen LogP contribution >= 0.6 is 0 Å². The monoisotopic (exact) mass is 143 g/mol. The lowest BCUT2D eigenvalue weighted by Crippen LogP contribution is -2.40. The Morgan fingerprint density at radius 3 is 2.70 bits per heavy atom. The minimum absolute atomic E-state index is 0.0671. The van der Waals surface area contributed by atoms with Gasteiger partial charge in [-0.15, -0.1) is 0 Å². The number of methoxy groups -OCH3 is 1. The third-order valence-corrected chi connectivity index (χ3v) is 2.47. The molecular weight excluding hydrogens is 126 g/mol. The lowest BCUT2D eigenvalue weighted by atomic mass is 9.83. The van der Waals surface area contributed by atoms with Gasteiger partial charge >= 0.3 is 0 Å². The quantitative estimate of drug-likeness (QED) is 0.600. The van der Waals surface area contributed by atoms with Crippen LogP contribution in [0.3, 0.4) is 0 Å². The van der Waals surface area contributed by atoms with Crippen molar-refractivity contribution in [3.8, 4) is 0 Å². The fraction of sp³-hybridized carbons (Fsp3) is 1.00. The molecule has 1 aliphatic rings. The molecule has 1 fully saturated rings. The van der Waals surface area contributed by atoms with Gasteiger partial charge in [0, 0.05) is 13.2 Å². The molecule has 0 aromatic rings. The SMILES string of the molecule is CO[C@@]1(C)CCC[C@@H](N)C1. The van der Waals surface area contributed by atoms with E-state index in [1.165, 1.54) is 12.8 Å². The summed E-state index contributed by atoms with van der Waals surface area (Å²) < 4.78 is 5.37. The van der Waals surface area contributed by atoms with Crippen molar-refractivity contribution in [3.63, 3.8) is 0 Å². The Morgan fingerprint density at radius 1 is 1.60 bits per heavy atom. The number of hydrogen-bond donors (Lipinski definition) is 1. The number of rotatable bonds is 1. The largest absolute Gasteiger partial charge is 0.378 e. The summed E-state index contributed by atoms with van der Waals surface area (Å²) in [4.78, 5) is 0. The Labute approximate surface area is 62.7 Å². The van der Waals surface area contributed by atoms with Crippen molar-refractivity contribution < 1.29 is 4.74 Å². The van der Waals surface area contributed by atoms with Crippen LogP contribution in [0.1, 0.15) is 32.6 Å². The topological polar surface area (TPSA) is 35.2 Å². The average molecular weight is 143 g/mol.